The fourth-order valence-electron chi connectivity index (χ4n) is 3.32. The highest BCUT2D eigenvalue weighted by molar-refractivity contribution is 9.10. The van der Waals surface area contributed by atoms with Crippen LogP contribution in [0.3, 0.4) is 0 Å². The van der Waals surface area contributed by atoms with Crippen LogP contribution in [0.15, 0.2) is 46.9 Å². The number of cyclic esters (lactones) is 1. The van der Waals surface area contributed by atoms with Gasteiger partial charge in [-0.1, -0.05) is 28.1 Å². The van der Waals surface area contributed by atoms with Crippen LogP contribution in [0.1, 0.15) is 27.1 Å². The van der Waals surface area contributed by atoms with Crippen LogP contribution < -0.4 is 10.2 Å². The highest BCUT2D eigenvalue weighted by atomic mass is 79.9. The number of rotatable bonds is 5. The third-order valence-corrected chi connectivity index (χ3v) is 5.22. The van der Waals surface area contributed by atoms with E-state index in [4.69, 9.17) is 4.74 Å². The van der Waals surface area contributed by atoms with Gasteiger partial charge in [0.2, 0.25) is 5.91 Å². The van der Waals surface area contributed by atoms with E-state index in [1.165, 1.54) is 4.90 Å². The second-order valence-corrected chi connectivity index (χ2v) is 7.45. The average molecular weight is 458 g/mol. The Hall–Kier alpha value is -3.20. The van der Waals surface area contributed by atoms with Gasteiger partial charge in [-0.05, 0) is 30.3 Å². The maximum atomic E-state index is 12.5. The number of amides is 4. The van der Waals surface area contributed by atoms with Gasteiger partial charge in [0.05, 0.1) is 29.0 Å². The fourth-order valence-corrected chi connectivity index (χ4v) is 3.68. The molecule has 148 valence electrons. The number of ether oxygens (including phenoxy) is 1. The molecule has 2 aromatic carbocycles. The van der Waals surface area contributed by atoms with Crippen LogP contribution in [-0.4, -0.2) is 48.4 Å². The molecule has 2 heterocycles. The molecule has 1 N–H and O–H groups in total. The van der Waals surface area contributed by atoms with E-state index in [-0.39, 0.29) is 25.5 Å². The molecule has 0 atom stereocenters. The molecule has 0 unspecified atom stereocenters. The first-order chi connectivity index (χ1) is 14.0. The SMILES string of the molecule is O=C(CCN1C(=O)c2ccc(Br)cc2C1=O)Nc1ccccc1N1CCOC1=O. The summed E-state index contributed by atoms with van der Waals surface area (Å²) in [6, 6.07) is 11.8. The number of halogens is 1. The second-order valence-electron chi connectivity index (χ2n) is 6.53. The van der Waals surface area contributed by atoms with Crippen LogP contribution in [0, 0.1) is 0 Å². The number of hydrogen-bond donors (Lipinski definition) is 1. The summed E-state index contributed by atoms with van der Waals surface area (Å²) in [6.07, 6.45) is -0.533. The number of nitrogens with one attached hydrogen (secondary N) is 1. The van der Waals surface area contributed by atoms with Gasteiger partial charge in [-0.15, -0.1) is 0 Å². The minimum Gasteiger partial charge on any atom is -0.447 e. The van der Waals surface area contributed by atoms with Crippen molar-refractivity contribution in [3.8, 4) is 0 Å². The monoisotopic (exact) mass is 457 g/mol. The standard InChI is InChI=1S/C20H16BrN3O5/c21-12-5-6-13-14(11-12)19(27)24(18(13)26)8-7-17(25)22-15-3-1-2-4-16(15)23-9-10-29-20(23)28/h1-6,11H,7-10H2,(H,22,25). The van der Waals surface area contributed by atoms with Crippen LogP contribution in [-0.2, 0) is 9.53 Å². The molecule has 1 fully saturated rings. The predicted molar refractivity (Wildman–Crippen MR) is 108 cm³/mol. The molecule has 9 heteroatoms. The highest BCUT2D eigenvalue weighted by Crippen LogP contribution is 2.29. The van der Waals surface area contributed by atoms with Gasteiger partial charge in [-0.2, -0.15) is 0 Å². The summed E-state index contributed by atoms with van der Waals surface area (Å²) in [6.45, 7) is 0.650. The van der Waals surface area contributed by atoms with E-state index in [2.05, 4.69) is 21.2 Å². The number of hydrogen-bond acceptors (Lipinski definition) is 5. The van der Waals surface area contributed by atoms with Gasteiger partial charge in [-0.25, -0.2) is 4.79 Å². The van der Waals surface area contributed by atoms with E-state index in [9.17, 15) is 19.2 Å². The van der Waals surface area contributed by atoms with E-state index in [1.54, 1.807) is 42.5 Å². The average Bonchev–Trinajstić information content (AvgIpc) is 3.22. The summed E-state index contributed by atoms with van der Waals surface area (Å²) in [4.78, 5) is 51.7. The van der Waals surface area contributed by atoms with Crippen molar-refractivity contribution in [2.24, 2.45) is 0 Å². The molecular formula is C20H16BrN3O5. The fraction of sp³-hybridized carbons (Fsp3) is 0.200. The third kappa shape index (κ3) is 3.61. The first-order valence-corrected chi connectivity index (χ1v) is 9.74. The number of benzene rings is 2. The van der Waals surface area contributed by atoms with Crippen LogP contribution >= 0.6 is 15.9 Å². The molecule has 1 saturated heterocycles. The molecular weight excluding hydrogens is 442 g/mol. The Labute approximate surface area is 174 Å². The van der Waals surface area contributed by atoms with Gasteiger partial charge in [0.25, 0.3) is 11.8 Å². The number of anilines is 2. The van der Waals surface area contributed by atoms with Crippen LogP contribution in [0.5, 0.6) is 0 Å². The Kier molecular flexibility index (Phi) is 5.06. The Morgan fingerprint density at radius 2 is 1.83 bits per heavy atom. The smallest absolute Gasteiger partial charge is 0.414 e. The lowest BCUT2D eigenvalue weighted by atomic mass is 10.1. The summed E-state index contributed by atoms with van der Waals surface area (Å²) >= 11 is 3.29. The molecule has 0 saturated carbocycles. The van der Waals surface area contributed by atoms with E-state index in [1.807, 2.05) is 0 Å². The van der Waals surface area contributed by atoms with Gasteiger partial charge in [0, 0.05) is 17.4 Å². The van der Waals surface area contributed by atoms with Crippen molar-refractivity contribution in [3.05, 3.63) is 58.1 Å². The first kappa shape index (κ1) is 19.1. The molecule has 29 heavy (non-hydrogen) atoms. The number of nitrogens with zero attached hydrogens (tertiary/aromatic N) is 2. The van der Waals surface area contributed by atoms with Crippen molar-refractivity contribution >= 4 is 51.1 Å². The lowest BCUT2D eigenvalue weighted by molar-refractivity contribution is -0.116. The lowest BCUT2D eigenvalue weighted by Crippen LogP contribution is -2.33. The second kappa shape index (κ2) is 7.67. The number of carbonyl (C=O) groups is 4. The molecule has 0 aliphatic carbocycles. The third-order valence-electron chi connectivity index (χ3n) is 4.72. The van der Waals surface area contributed by atoms with Crippen molar-refractivity contribution in [1.82, 2.24) is 4.90 Å². The van der Waals surface area contributed by atoms with Crippen molar-refractivity contribution in [1.29, 1.82) is 0 Å². The Bertz CT molecular complexity index is 1040. The first-order valence-electron chi connectivity index (χ1n) is 8.94. The summed E-state index contributed by atoms with van der Waals surface area (Å²) in [5, 5.41) is 2.75. The summed E-state index contributed by atoms with van der Waals surface area (Å²) in [5.74, 6) is -1.20. The normalized spacial score (nSPS) is 15.6. The van der Waals surface area contributed by atoms with E-state index in [0.29, 0.717) is 33.5 Å². The number of fused-ring (bicyclic) bond motifs is 1. The molecule has 4 amide bonds. The molecule has 2 aromatic rings. The van der Waals surface area contributed by atoms with E-state index in [0.717, 1.165) is 4.90 Å². The number of carbonyl (C=O) groups excluding carboxylic acids is 4. The van der Waals surface area contributed by atoms with Crippen molar-refractivity contribution < 1.29 is 23.9 Å². The Balaban J connectivity index is 1.42. The largest absolute Gasteiger partial charge is 0.447 e. The Morgan fingerprint density at radius 3 is 2.59 bits per heavy atom. The lowest BCUT2D eigenvalue weighted by Gasteiger charge is -2.18. The quantitative estimate of drug-likeness (QED) is 0.696. The van der Waals surface area contributed by atoms with E-state index >= 15 is 0 Å². The number of imide groups is 1. The zero-order valence-corrected chi connectivity index (χ0v) is 16.8. The topological polar surface area (TPSA) is 96.0 Å². The zero-order chi connectivity index (χ0) is 20.5. The van der Waals surface area contributed by atoms with Gasteiger partial charge >= 0.3 is 6.09 Å². The maximum Gasteiger partial charge on any atom is 0.414 e. The minimum absolute atomic E-state index is 0.0380. The predicted octanol–water partition coefficient (Wildman–Crippen LogP) is 3.03. The van der Waals surface area contributed by atoms with Crippen molar-refractivity contribution in [2.75, 3.05) is 29.9 Å². The molecule has 4 rings (SSSR count). The van der Waals surface area contributed by atoms with Gasteiger partial charge in [-0.3, -0.25) is 24.2 Å². The van der Waals surface area contributed by atoms with Crippen LogP contribution in [0.4, 0.5) is 16.2 Å². The summed E-state index contributed by atoms with van der Waals surface area (Å²) in [7, 11) is 0. The van der Waals surface area contributed by atoms with Gasteiger partial charge < -0.3 is 10.1 Å². The molecule has 8 nitrogen and oxygen atoms in total. The molecule has 2 aliphatic rings. The van der Waals surface area contributed by atoms with Crippen molar-refractivity contribution in [2.45, 2.75) is 6.42 Å². The zero-order valence-electron chi connectivity index (χ0n) is 15.2. The van der Waals surface area contributed by atoms with Gasteiger partial charge in [0.1, 0.15) is 6.61 Å². The van der Waals surface area contributed by atoms with Crippen molar-refractivity contribution in [3.63, 3.8) is 0 Å². The minimum atomic E-state index is -0.469. The summed E-state index contributed by atoms with van der Waals surface area (Å²) < 4.78 is 5.65. The molecule has 0 bridgehead atoms. The van der Waals surface area contributed by atoms with E-state index < -0.39 is 17.9 Å². The Morgan fingerprint density at radius 1 is 1.07 bits per heavy atom. The maximum absolute atomic E-state index is 12.5. The molecule has 0 radical (unpaired) electrons. The van der Waals surface area contributed by atoms with Crippen LogP contribution in [0.2, 0.25) is 0 Å². The highest BCUT2D eigenvalue weighted by Gasteiger charge is 2.35. The molecule has 0 spiro atoms. The van der Waals surface area contributed by atoms with Gasteiger partial charge in [0.15, 0.2) is 0 Å². The van der Waals surface area contributed by atoms with Crippen LogP contribution in [0.25, 0.3) is 0 Å². The molecule has 0 aromatic heterocycles. The molecule has 2 aliphatic heterocycles. The number of para-hydroxylation sites is 2. The summed E-state index contributed by atoms with van der Waals surface area (Å²) in [5.41, 5.74) is 1.65.